The van der Waals surface area contributed by atoms with Crippen LogP contribution in [0.15, 0.2) is 59.8 Å². The molecule has 0 aliphatic rings. The molecule has 1 aromatic heterocycles. The number of benzene rings is 2. The lowest BCUT2D eigenvalue weighted by molar-refractivity contribution is 0.350. The number of sulfonamides is 1. The second kappa shape index (κ2) is 9.66. The summed E-state index contributed by atoms with van der Waals surface area (Å²) in [5, 5.41) is 0. The van der Waals surface area contributed by atoms with Crippen LogP contribution in [0.2, 0.25) is 0 Å². The maximum atomic E-state index is 13.4. The number of nitrogens with zero attached hydrogens (tertiary/aromatic N) is 3. The van der Waals surface area contributed by atoms with E-state index in [9.17, 15) is 8.42 Å². The van der Waals surface area contributed by atoms with Crippen molar-refractivity contribution in [3.05, 3.63) is 77.4 Å². The number of imidazole rings is 1. The van der Waals surface area contributed by atoms with E-state index in [-0.39, 0.29) is 17.4 Å². The molecule has 3 rings (SSSR count). The van der Waals surface area contributed by atoms with Gasteiger partial charge >= 0.3 is 0 Å². The predicted molar refractivity (Wildman–Crippen MR) is 123 cm³/mol. The number of aryl methyl sites for hydroxylation is 2. The molecule has 0 spiro atoms. The lowest BCUT2D eigenvalue weighted by Crippen LogP contribution is -2.34. The summed E-state index contributed by atoms with van der Waals surface area (Å²) in [7, 11) is -2.12. The summed E-state index contributed by atoms with van der Waals surface area (Å²) in [4.78, 5) is 4.73. The van der Waals surface area contributed by atoms with E-state index in [0.29, 0.717) is 18.8 Å². The molecule has 0 atom stereocenters. The Morgan fingerprint density at radius 3 is 2.45 bits per heavy atom. The highest BCUT2D eigenvalue weighted by Crippen LogP contribution is 2.22. The maximum absolute atomic E-state index is 13.4. The van der Waals surface area contributed by atoms with Gasteiger partial charge in [-0.25, -0.2) is 13.4 Å². The maximum Gasteiger partial charge on any atom is 0.243 e. The molecule has 31 heavy (non-hydrogen) atoms. The molecular formula is C24H31N3O3S. The van der Waals surface area contributed by atoms with Crippen molar-refractivity contribution in [3.63, 3.8) is 0 Å². The summed E-state index contributed by atoms with van der Waals surface area (Å²) in [6.07, 6.45) is 3.64. The van der Waals surface area contributed by atoms with Crippen LogP contribution in [0.4, 0.5) is 0 Å². The summed E-state index contributed by atoms with van der Waals surface area (Å²) >= 11 is 0. The Balaban J connectivity index is 1.90. The van der Waals surface area contributed by atoms with Gasteiger partial charge in [-0.05, 0) is 55.2 Å². The fourth-order valence-corrected chi connectivity index (χ4v) is 5.06. The second-order valence-electron chi connectivity index (χ2n) is 8.27. The van der Waals surface area contributed by atoms with Gasteiger partial charge in [0, 0.05) is 25.5 Å². The van der Waals surface area contributed by atoms with E-state index in [1.807, 2.05) is 24.6 Å². The van der Waals surface area contributed by atoms with E-state index >= 15 is 0 Å². The summed E-state index contributed by atoms with van der Waals surface area (Å²) in [6, 6.07) is 12.9. The van der Waals surface area contributed by atoms with Gasteiger partial charge in [0.2, 0.25) is 10.0 Å². The van der Waals surface area contributed by atoms with E-state index in [1.54, 1.807) is 37.6 Å². The zero-order valence-electron chi connectivity index (χ0n) is 18.9. The second-order valence-corrected chi connectivity index (χ2v) is 10.2. The topological polar surface area (TPSA) is 64.4 Å². The van der Waals surface area contributed by atoms with Crippen molar-refractivity contribution in [1.82, 2.24) is 13.9 Å². The minimum Gasteiger partial charge on any atom is -0.497 e. The van der Waals surface area contributed by atoms with Gasteiger partial charge in [-0.1, -0.05) is 37.6 Å². The first-order valence-corrected chi connectivity index (χ1v) is 11.8. The molecule has 0 aliphatic carbocycles. The molecule has 0 radical (unpaired) electrons. The standard InChI is InChI=1S/C24H31N3O3S/c1-18(2)15-27(31(28,29)23-10-8-22(30-5)9-11-23)17-24-25-12-13-26(24)16-21-14-19(3)6-7-20(21)4/h6-14,18H,15-17H2,1-5H3. The Hall–Kier alpha value is -2.64. The highest BCUT2D eigenvalue weighted by Gasteiger charge is 2.27. The average Bonchev–Trinajstić information content (AvgIpc) is 3.16. The van der Waals surface area contributed by atoms with E-state index in [4.69, 9.17) is 4.74 Å². The van der Waals surface area contributed by atoms with Crippen molar-refractivity contribution in [2.45, 2.75) is 45.7 Å². The van der Waals surface area contributed by atoms with Gasteiger partial charge < -0.3 is 9.30 Å². The highest BCUT2D eigenvalue weighted by molar-refractivity contribution is 7.89. The first-order chi connectivity index (χ1) is 14.7. The minimum absolute atomic E-state index is 0.176. The number of rotatable bonds is 9. The van der Waals surface area contributed by atoms with Gasteiger partial charge in [-0.3, -0.25) is 0 Å². The summed E-state index contributed by atoms with van der Waals surface area (Å²) in [6.45, 7) is 9.46. The van der Waals surface area contributed by atoms with Crippen LogP contribution in [-0.4, -0.2) is 35.9 Å². The number of aromatic nitrogens is 2. The van der Waals surface area contributed by atoms with Crippen molar-refractivity contribution in [1.29, 1.82) is 0 Å². The monoisotopic (exact) mass is 441 g/mol. The van der Waals surface area contributed by atoms with Crippen LogP contribution >= 0.6 is 0 Å². The van der Waals surface area contributed by atoms with Crippen LogP contribution in [0.3, 0.4) is 0 Å². The van der Waals surface area contributed by atoms with Gasteiger partial charge in [0.15, 0.2) is 0 Å². The molecule has 0 N–H and O–H groups in total. The fourth-order valence-electron chi connectivity index (χ4n) is 3.50. The smallest absolute Gasteiger partial charge is 0.243 e. The third-order valence-electron chi connectivity index (χ3n) is 5.23. The van der Waals surface area contributed by atoms with E-state index < -0.39 is 10.0 Å². The van der Waals surface area contributed by atoms with Gasteiger partial charge in [0.1, 0.15) is 11.6 Å². The average molecular weight is 442 g/mol. The summed E-state index contributed by atoms with van der Waals surface area (Å²) in [5.74, 6) is 1.52. The molecule has 0 fully saturated rings. The van der Waals surface area contributed by atoms with Gasteiger partial charge in [-0.15, -0.1) is 0 Å². The highest BCUT2D eigenvalue weighted by atomic mass is 32.2. The predicted octanol–water partition coefficient (Wildman–Crippen LogP) is 4.40. The summed E-state index contributed by atoms with van der Waals surface area (Å²) in [5.41, 5.74) is 3.61. The Kier molecular flexibility index (Phi) is 7.18. The molecule has 166 valence electrons. The molecule has 0 aliphatic heterocycles. The Bertz CT molecular complexity index is 1120. The first-order valence-electron chi connectivity index (χ1n) is 10.4. The number of hydrogen-bond donors (Lipinski definition) is 0. The van der Waals surface area contributed by atoms with E-state index in [2.05, 4.69) is 37.0 Å². The molecule has 3 aromatic rings. The fraction of sp³-hybridized carbons (Fsp3) is 0.375. The van der Waals surface area contributed by atoms with Crippen molar-refractivity contribution < 1.29 is 13.2 Å². The lowest BCUT2D eigenvalue weighted by Gasteiger charge is -2.24. The van der Waals surface area contributed by atoms with Gasteiger partial charge in [0.05, 0.1) is 18.6 Å². The first kappa shape index (κ1) is 23.0. The molecule has 0 unspecified atom stereocenters. The molecule has 2 aromatic carbocycles. The molecule has 0 saturated heterocycles. The Labute approximate surface area is 185 Å². The van der Waals surface area contributed by atoms with E-state index in [1.165, 1.54) is 21.0 Å². The van der Waals surface area contributed by atoms with Crippen LogP contribution in [0.1, 0.15) is 36.4 Å². The largest absolute Gasteiger partial charge is 0.497 e. The zero-order valence-corrected chi connectivity index (χ0v) is 19.7. The molecule has 7 heteroatoms. The molecule has 0 amide bonds. The van der Waals surface area contributed by atoms with E-state index in [0.717, 1.165) is 5.82 Å². The SMILES string of the molecule is COc1ccc(S(=O)(=O)N(Cc2nccn2Cc2cc(C)ccc2C)CC(C)C)cc1. The number of ether oxygens (including phenoxy) is 1. The van der Waals surface area contributed by atoms with Crippen molar-refractivity contribution >= 4 is 10.0 Å². The third kappa shape index (κ3) is 5.54. The number of hydrogen-bond acceptors (Lipinski definition) is 4. The normalized spacial score (nSPS) is 12.0. The van der Waals surface area contributed by atoms with Crippen LogP contribution in [0.25, 0.3) is 0 Å². The number of methoxy groups -OCH3 is 1. The van der Waals surface area contributed by atoms with Crippen LogP contribution in [0.5, 0.6) is 5.75 Å². The molecular weight excluding hydrogens is 410 g/mol. The quantitative estimate of drug-likeness (QED) is 0.494. The molecule has 0 bridgehead atoms. The van der Waals surface area contributed by atoms with Crippen molar-refractivity contribution in [2.24, 2.45) is 5.92 Å². The van der Waals surface area contributed by atoms with Crippen molar-refractivity contribution in [3.8, 4) is 5.75 Å². The Morgan fingerprint density at radius 1 is 1.10 bits per heavy atom. The lowest BCUT2D eigenvalue weighted by atomic mass is 10.1. The van der Waals surface area contributed by atoms with Crippen LogP contribution < -0.4 is 4.74 Å². The van der Waals surface area contributed by atoms with Gasteiger partial charge in [0.25, 0.3) is 0 Å². The Morgan fingerprint density at radius 2 is 1.81 bits per heavy atom. The van der Waals surface area contributed by atoms with Gasteiger partial charge in [-0.2, -0.15) is 4.31 Å². The van der Waals surface area contributed by atoms with Crippen LogP contribution in [-0.2, 0) is 23.1 Å². The molecule has 0 saturated carbocycles. The van der Waals surface area contributed by atoms with Crippen LogP contribution in [0, 0.1) is 19.8 Å². The zero-order chi connectivity index (χ0) is 22.6. The summed E-state index contributed by atoms with van der Waals surface area (Å²) < 4.78 is 35.5. The minimum atomic E-state index is -3.68. The molecule has 1 heterocycles. The van der Waals surface area contributed by atoms with Crippen molar-refractivity contribution in [2.75, 3.05) is 13.7 Å². The molecule has 6 nitrogen and oxygen atoms in total. The third-order valence-corrected chi connectivity index (χ3v) is 7.06.